The summed E-state index contributed by atoms with van der Waals surface area (Å²) in [4.78, 5) is 12.6. The molecule has 28 heavy (non-hydrogen) atoms. The number of aromatic amines is 1. The number of nitrogens with zero attached hydrogens (tertiary/aromatic N) is 2. The van der Waals surface area contributed by atoms with Crippen LogP contribution in [0.25, 0.3) is 11.3 Å². The SMILES string of the molecule is C[C@@H](C(=O)NCc1cc(-c2ccccc2)n[nH]1)N(c1ccccc1)S(C)(=O)=O. The molecule has 3 aromatic rings. The van der Waals surface area contributed by atoms with Crippen LogP contribution in [-0.4, -0.2) is 36.8 Å². The molecule has 1 amide bonds. The van der Waals surface area contributed by atoms with Crippen LogP contribution in [0.5, 0.6) is 0 Å². The number of hydrogen-bond donors (Lipinski definition) is 2. The quantitative estimate of drug-likeness (QED) is 0.639. The lowest BCUT2D eigenvalue weighted by atomic mass is 10.1. The van der Waals surface area contributed by atoms with Crippen molar-refractivity contribution in [2.75, 3.05) is 10.6 Å². The molecule has 8 heteroatoms. The maximum Gasteiger partial charge on any atom is 0.243 e. The Morgan fingerprint density at radius 2 is 1.71 bits per heavy atom. The number of rotatable bonds is 7. The number of H-pyrrole nitrogens is 1. The van der Waals surface area contributed by atoms with Crippen molar-refractivity contribution in [2.45, 2.75) is 19.5 Å². The second-order valence-corrected chi connectivity index (χ2v) is 8.29. The van der Waals surface area contributed by atoms with E-state index in [-0.39, 0.29) is 6.54 Å². The van der Waals surface area contributed by atoms with E-state index in [1.165, 1.54) is 0 Å². The molecule has 0 aliphatic heterocycles. The number of carbonyl (C=O) groups excluding carboxylic acids is 1. The van der Waals surface area contributed by atoms with Gasteiger partial charge in [-0.3, -0.25) is 14.2 Å². The summed E-state index contributed by atoms with van der Waals surface area (Å²) in [5.41, 5.74) is 2.92. The van der Waals surface area contributed by atoms with Crippen molar-refractivity contribution in [1.29, 1.82) is 0 Å². The van der Waals surface area contributed by atoms with Gasteiger partial charge in [0.15, 0.2) is 0 Å². The zero-order valence-corrected chi connectivity index (χ0v) is 16.5. The van der Waals surface area contributed by atoms with Gasteiger partial charge < -0.3 is 5.32 Å². The molecule has 0 aliphatic rings. The molecule has 7 nitrogen and oxygen atoms in total. The van der Waals surface area contributed by atoms with Gasteiger partial charge in [0.25, 0.3) is 0 Å². The second-order valence-electron chi connectivity index (χ2n) is 6.43. The summed E-state index contributed by atoms with van der Waals surface area (Å²) in [5.74, 6) is -0.398. The lowest BCUT2D eigenvalue weighted by Crippen LogP contribution is -2.47. The van der Waals surface area contributed by atoms with Gasteiger partial charge in [-0.05, 0) is 25.1 Å². The zero-order valence-electron chi connectivity index (χ0n) is 15.7. The molecule has 0 bridgehead atoms. The van der Waals surface area contributed by atoms with E-state index in [1.54, 1.807) is 37.3 Å². The minimum atomic E-state index is -3.62. The van der Waals surface area contributed by atoms with Crippen molar-refractivity contribution < 1.29 is 13.2 Å². The molecule has 0 unspecified atom stereocenters. The van der Waals surface area contributed by atoms with Crippen molar-refractivity contribution in [3.63, 3.8) is 0 Å². The van der Waals surface area contributed by atoms with Crippen LogP contribution in [0.4, 0.5) is 5.69 Å². The molecule has 0 saturated carbocycles. The number of para-hydroxylation sites is 1. The van der Waals surface area contributed by atoms with Crippen LogP contribution in [-0.2, 0) is 21.4 Å². The highest BCUT2D eigenvalue weighted by Gasteiger charge is 2.28. The van der Waals surface area contributed by atoms with Gasteiger partial charge in [0, 0.05) is 5.56 Å². The number of aromatic nitrogens is 2. The van der Waals surface area contributed by atoms with E-state index in [9.17, 15) is 13.2 Å². The molecular formula is C20H22N4O3S. The highest BCUT2D eigenvalue weighted by atomic mass is 32.2. The molecule has 1 heterocycles. The molecule has 2 N–H and O–H groups in total. The number of amides is 1. The average Bonchev–Trinajstić information content (AvgIpc) is 3.15. The fourth-order valence-electron chi connectivity index (χ4n) is 2.92. The predicted octanol–water partition coefficient (Wildman–Crippen LogP) is 2.55. The van der Waals surface area contributed by atoms with Crippen LogP contribution in [0.2, 0.25) is 0 Å². The highest BCUT2D eigenvalue weighted by molar-refractivity contribution is 7.92. The van der Waals surface area contributed by atoms with Crippen molar-refractivity contribution in [3.8, 4) is 11.3 Å². The number of carbonyl (C=O) groups is 1. The smallest absolute Gasteiger partial charge is 0.243 e. The van der Waals surface area contributed by atoms with Crippen LogP contribution in [0.1, 0.15) is 12.6 Å². The molecule has 0 aliphatic carbocycles. The molecular weight excluding hydrogens is 376 g/mol. The molecule has 0 fully saturated rings. The van der Waals surface area contributed by atoms with Gasteiger partial charge in [0.1, 0.15) is 6.04 Å². The van der Waals surface area contributed by atoms with Gasteiger partial charge in [-0.1, -0.05) is 48.5 Å². The predicted molar refractivity (Wildman–Crippen MR) is 109 cm³/mol. The van der Waals surface area contributed by atoms with E-state index in [0.717, 1.165) is 27.5 Å². The second kappa shape index (κ2) is 8.26. The summed E-state index contributed by atoms with van der Waals surface area (Å²) in [7, 11) is -3.62. The summed E-state index contributed by atoms with van der Waals surface area (Å²) < 4.78 is 25.6. The average molecular weight is 398 g/mol. The first-order chi connectivity index (χ1) is 13.4. The van der Waals surface area contributed by atoms with Crippen LogP contribution in [0, 0.1) is 0 Å². The minimum Gasteiger partial charge on any atom is -0.349 e. The monoisotopic (exact) mass is 398 g/mol. The highest BCUT2D eigenvalue weighted by Crippen LogP contribution is 2.20. The van der Waals surface area contributed by atoms with Gasteiger partial charge in [0.2, 0.25) is 15.9 Å². The maximum absolute atomic E-state index is 12.6. The van der Waals surface area contributed by atoms with E-state index in [2.05, 4.69) is 15.5 Å². The van der Waals surface area contributed by atoms with Crippen LogP contribution >= 0.6 is 0 Å². The van der Waals surface area contributed by atoms with Crippen LogP contribution < -0.4 is 9.62 Å². The van der Waals surface area contributed by atoms with Crippen molar-refractivity contribution in [2.24, 2.45) is 0 Å². The first-order valence-electron chi connectivity index (χ1n) is 8.78. The lowest BCUT2D eigenvalue weighted by Gasteiger charge is -2.28. The molecule has 0 saturated heterocycles. The number of sulfonamides is 1. The van der Waals surface area contributed by atoms with E-state index < -0.39 is 22.0 Å². The van der Waals surface area contributed by atoms with Gasteiger partial charge in [-0.2, -0.15) is 5.10 Å². The molecule has 2 aromatic carbocycles. The molecule has 3 rings (SSSR count). The number of benzene rings is 2. The number of nitrogens with one attached hydrogen (secondary N) is 2. The summed E-state index contributed by atoms with van der Waals surface area (Å²) in [6.07, 6.45) is 1.09. The Labute approximate surface area is 164 Å². The fourth-order valence-corrected chi connectivity index (χ4v) is 4.10. The Bertz CT molecular complexity index is 1030. The lowest BCUT2D eigenvalue weighted by molar-refractivity contribution is -0.122. The molecule has 0 spiro atoms. The Morgan fingerprint density at radius 1 is 1.11 bits per heavy atom. The van der Waals surface area contributed by atoms with Crippen molar-refractivity contribution >= 4 is 21.6 Å². The maximum atomic E-state index is 12.6. The van der Waals surface area contributed by atoms with E-state index >= 15 is 0 Å². The van der Waals surface area contributed by atoms with Gasteiger partial charge in [0.05, 0.1) is 29.9 Å². The van der Waals surface area contributed by atoms with Crippen molar-refractivity contribution in [1.82, 2.24) is 15.5 Å². The largest absolute Gasteiger partial charge is 0.349 e. The van der Waals surface area contributed by atoms with Crippen LogP contribution in [0.15, 0.2) is 66.7 Å². The van der Waals surface area contributed by atoms with Gasteiger partial charge >= 0.3 is 0 Å². The minimum absolute atomic E-state index is 0.218. The third-order valence-electron chi connectivity index (χ3n) is 4.25. The normalized spacial score (nSPS) is 12.4. The Hall–Kier alpha value is -3.13. The Balaban J connectivity index is 1.69. The summed E-state index contributed by atoms with van der Waals surface area (Å²) in [6, 6.07) is 19.2. The van der Waals surface area contributed by atoms with Gasteiger partial charge in [-0.15, -0.1) is 0 Å². The van der Waals surface area contributed by atoms with E-state index in [0.29, 0.717) is 5.69 Å². The van der Waals surface area contributed by atoms with E-state index in [4.69, 9.17) is 0 Å². The van der Waals surface area contributed by atoms with Crippen LogP contribution in [0.3, 0.4) is 0 Å². The standard InChI is InChI=1S/C20H22N4O3S/c1-15(24(28(2,26)27)18-11-7-4-8-12-18)20(25)21-14-17-13-19(23-22-17)16-9-5-3-6-10-16/h3-13,15H,14H2,1-2H3,(H,21,25)(H,22,23)/t15-/m0/s1. The first kappa shape index (κ1) is 19.6. The molecule has 146 valence electrons. The molecule has 1 atom stereocenters. The van der Waals surface area contributed by atoms with Gasteiger partial charge in [-0.25, -0.2) is 8.42 Å². The van der Waals surface area contributed by atoms with E-state index in [1.807, 2.05) is 36.4 Å². The first-order valence-corrected chi connectivity index (χ1v) is 10.6. The zero-order chi connectivity index (χ0) is 20.1. The summed E-state index contributed by atoms with van der Waals surface area (Å²) in [5, 5.41) is 9.91. The number of anilines is 1. The molecule has 0 radical (unpaired) electrons. The Kier molecular flexibility index (Phi) is 5.79. The number of hydrogen-bond acceptors (Lipinski definition) is 4. The fraction of sp³-hybridized carbons (Fsp3) is 0.200. The summed E-state index contributed by atoms with van der Waals surface area (Å²) >= 11 is 0. The third-order valence-corrected chi connectivity index (χ3v) is 5.49. The molecule has 1 aromatic heterocycles. The third kappa shape index (κ3) is 4.58. The summed E-state index contributed by atoms with van der Waals surface area (Å²) in [6.45, 7) is 1.78. The Morgan fingerprint density at radius 3 is 2.32 bits per heavy atom. The van der Waals surface area contributed by atoms with Crippen molar-refractivity contribution in [3.05, 3.63) is 72.4 Å². The topological polar surface area (TPSA) is 95.2 Å².